The molecule has 15 heavy (non-hydrogen) atoms. The molecule has 0 heterocycles. The molecule has 0 bridgehead atoms. The molecule has 1 atom stereocenters. The highest BCUT2D eigenvalue weighted by atomic mass is 14.7. The Kier molecular flexibility index (Phi) is 2.59. The van der Waals surface area contributed by atoms with Gasteiger partial charge in [0.05, 0.1) is 0 Å². The fraction of sp³-hybridized carbons (Fsp3) is 0.571. The molecule has 1 nitrogen and oxygen atoms in total. The van der Waals surface area contributed by atoms with Crippen molar-refractivity contribution in [3.63, 3.8) is 0 Å². The summed E-state index contributed by atoms with van der Waals surface area (Å²) in [4.78, 5) is 0. The molecule has 0 amide bonds. The molecule has 1 aromatic carbocycles. The van der Waals surface area contributed by atoms with E-state index in [9.17, 15) is 0 Å². The maximum absolute atomic E-state index is 6.28. The minimum Gasteiger partial charge on any atom is -0.327 e. The van der Waals surface area contributed by atoms with Gasteiger partial charge < -0.3 is 5.73 Å². The van der Waals surface area contributed by atoms with E-state index in [1.165, 1.54) is 29.5 Å². The zero-order valence-electron chi connectivity index (χ0n) is 10.0. The van der Waals surface area contributed by atoms with Gasteiger partial charge in [0.25, 0.3) is 0 Å². The fourth-order valence-electron chi connectivity index (χ4n) is 2.21. The molecule has 2 rings (SSSR count). The van der Waals surface area contributed by atoms with E-state index in [2.05, 4.69) is 39.0 Å². The Balaban J connectivity index is 2.16. The Morgan fingerprint density at radius 1 is 1.27 bits per heavy atom. The molecule has 0 spiro atoms. The van der Waals surface area contributed by atoms with Crippen LogP contribution in [0, 0.1) is 19.3 Å². The second kappa shape index (κ2) is 3.64. The van der Waals surface area contributed by atoms with Gasteiger partial charge in [0.2, 0.25) is 0 Å². The maximum atomic E-state index is 6.28. The largest absolute Gasteiger partial charge is 0.327 e. The first kappa shape index (κ1) is 10.7. The normalized spacial score (nSPS) is 20.0. The van der Waals surface area contributed by atoms with Gasteiger partial charge in [-0.05, 0) is 55.2 Å². The molecular formula is C14H21N. The van der Waals surface area contributed by atoms with Crippen molar-refractivity contribution in [1.82, 2.24) is 0 Å². The van der Waals surface area contributed by atoms with Crippen molar-refractivity contribution in [3.05, 3.63) is 34.9 Å². The molecule has 82 valence electrons. The Bertz CT molecular complexity index is 343. The zero-order chi connectivity index (χ0) is 11.1. The van der Waals surface area contributed by atoms with Crippen LogP contribution in [0.2, 0.25) is 0 Å². The molecule has 0 radical (unpaired) electrons. The van der Waals surface area contributed by atoms with Crippen LogP contribution in [0.5, 0.6) is 0 Å². The fourth-order valence-corrected chi connectivity index (χ4v) is 2.21. The van der Waals surface area contributed by atoms with Crippen LogP contribution in [0.4, 0.5) is 0 Å². The van der Waals surface area contributed by atoms with Gasteiger partial charge in [-0.2, -0.15) is 0 Å². The third-order valence-electron chi connectivity index (χ3n) is 4.00. The molecule has 1 aromatic rings. The smallest absolute Gasteiger partial charge is 0.0134 e. The molecular weight excluding hydrogens is 182 g/mol. The van der Waals surface area contributed by atoms with Crippen molar-refractivity contribution < 1.29 is 0 Å². The average Bonchev–Trinajstić information content (AvgIpc) is 2.91. The van der Waals surface area contributed by atoms with Crippen LogP contribution in [-0.4, -0.2) is 6.04 Å². The van der Waals surface area contributed by atoms with E-state index in [4.69, 9.17) is 5.73 Å². The second-order valence-corrected chi connectivity index (χ2v) is 5.34. The van der Waals surface area contributed by atoms with Gasteiger partial charge in [0, 0.05) is 6.04 Å². The van der Waals surface area contributed by atoms with Crippen LogP contribution < -0.4 is 5.73 Å². The Morgan fingerprint density at radius 2 is 1.80 bits per heavy atom. The lowest BCUT2D eigenvalue weighted by Gasteiger charge is -2.21. The summed E-state index contributed by atoms with van der Waals surface area (Å²) in [6, 6.07) is 6.82. The second-order valence-electron chi connectivity index (χ2n) is 5.34. The van der Waals surface area contributed by atoms with Gasteiger partial charge in [-0.15, -0.1) is 0 Å². The Labute approximate surface area is 92.7 Å². The van der Waals surface area contributed by atoms with Crippen LogP contribution in [0.3, 0.4) is 0 Å². The standard InChI is InChI=1S/C14H21N/c1-10-5-4-6-11(2)12(10)9-13(15)14(3)7-8-14/h4-6,13H,7-9,15H2,1-3H3. The number of aryl methyl sites for hydroxylation is 2. The number of benzene rings is 1. The SMILES string of the molecule is Cc1cccc(C)c1CC(N)C1(C)CC1. The number of nitrogens with two attached hydrogens (primary N) is 1. The van der Waals surface area contributed by atoms with Crippen molar-refractivity contribution in [1.29, 1.82) is 0 Å². The summed E-state index contributed by atoms with van der Waals surface area (Å²) in [5, 5.41) is 0. The molecule has 2 N–H and O–H groups in total. The number of hydrogen-bond acceptors (Lipinski definition) is 1. The minimum atomic E-state index is 0.331. The Morgan fingerprint density at radius 3 is 2.27 bits per heavy atom. The summed E-state index contributed by atoms with van der Waals surface area (Å²) < 4.78 is 0. The maximum Gasteiger partial charge on any atom is 0.0134 e. The first-order valence-corrected chi connectivity index (χ1v) is 5.83. The lowest BCUT2D eigenvalue weighted by molar-refractivity contribution is 0.432. The molecule has 1 heteroatoms. The summed E-state index contributed by atoms with van der Waals surface area (Å²) in [5.74, 6) is 0. The molecule has 0 saturated heterocycles. The zero-order valence-corrected chi connectivity index (χ0v) is 10.0. The molecule has 1 saturated carbocycles. The van der Waals surface area contributed by atoms with E-state index in [0.717, 1.165) is 6.42 Å². The predicted octanol–water partition coefficient (Wildman–Crippen LogP) is 2.97. The molecule has 0 aromatic heterocycles. The van der Waals surface area contributed by atoms with E-state index in [1.807, 2.05) is 0 Å². The topological polar surface area (TPSA) is 26.0 Å². The lowest BCUT2D eigenvalue weighted by atomic mass is 9.89. The summed E-state index contributed by atoms with van der Waals surface area (Å²) in [7, 11) is 0. The van der Waals surface area contributed by atoms with Crippen LogP contribution in [0.1, 0.15) is 36.5 Å². The van der Waals surface area contributed by atoms with Crippen LogP contribution >= 0.6 is 0 Å². The molecule has 1 fully saturated rings. The number of hydrogen-bond donors (Lipinski definition) is 1. The molecule has 1 aliphatic rings. The van der Waals surface area contributed by atoms with Crippen molar-refractivity contribution in [2.45, 2.75) is 46.1 Å². The summed E-state index contributed by atoms with van der Waals surface area (Å²) in [6.07, 6.45) is 3.65. The van der Waals surface area contributed by atoms with Gasteiger partial charge in [-0.25, -0.2) is 0 Å². The van der Waals surface area contributed by atoms with E-state index < -0.39 is 0 Å². The van der Waals surface area contributed by atoms with Gasteiger partial charge in [0.15, 0.2) is 0 Å². The third kappa shape index (κ3) is 2.07. The third-order valence-corrected chi connectivity index (χ3v) is 4.00. The minimum absolute atomic E-state index is 0.331. The Hall–Kier alpha value is -0.820. The first-order valence-electron chi connectivity index (χ1n) is 5.83. The lowest BCUT2D eigenvalue weighted by Crippen LogP contribution is -2.32. The quantitative estimate of drug-likeness (QED) is 0.803. The number of rotatable bonds is 3. The van der Waals surface area contributed by atoms with Crippen molar-refractivity contribution in [2.75, 3.05) is 0 Å². The van der Waals surface area contributed by atoms with Gasteiger partial charge in [0.1, 0.15) is 0 Å². The van der Waals surface area contributed by atoms with E-state index >= 15 is 0 Å². The average molecular weight is 203 g/mol. The molecule has 1 unspecified atom stereocenters. The highest BCUT2D eigenvalue weighted by Gasteiger charge is 2.42. The van der Waals surface area contributed by atoms with E-state index in [0.29, 0.717) is 11.5 Å². The van der Waals surface area contributed by atoms with Gasteiger partial charge in [-0.3, -0.25) is 0 Å². The van der Waals surface area contributed by atoms with Crippen LogP contribution in [0.25, 0.3) is 0 Å². The molecule has 0 aliphatic heterocycles. The van der Waals surface area contributed by atoms with Gasteiger partial charge >= 0.3 is 0 Å². The van der Waals surface area contributed by atoms with Crippen LogP contribution in [0.15, 0.2) is 18.2 Å². The highest BCUT2D eigenvalue weighted by Crippen LogP contribution is 2.48. The van der Waals surface area contributed by atoms with Crippen LogP contribution in [-0.2, 0) is 6.42 Å². The van der Waals surface area contributed by atoms with Crippen molar-refractivity contribution in [3.8, 4) is 0 Å². The monoisotopic (exact) mass is 203 g/mol. The summed E-state index contributed by atoms with van der Waals surface area (Å²) in [5.41, 5.74) is 10.9. The summed E-state index contributed by atoms with van der Waals surface area (Å²) in [6.45, 7) is 6.68. The van der Waals surface area contributed by atoms with Crippen molar-refractivity contribution >= 4 is 0 Å². The highest BCUT2D eigenvalue weighted by molar-refractivity contribution is 5.34. The van der Waals surface area contributed by atoms with E-state index in [1.54, 1.807) is 0 Å². The summed E-state index contributed by atoms with van der Waals surface area (Å²) >= 11 is 0. The van der Waals surface area contributed by atoms with Gasteiger partial charge in [-0.1, -0.05) is 25.1 Å². The molecule has 1 aliphatic carbocycles. The first-order chi connectivity index (χ1) is 7.03. The van der Waals surface area contributed by atoms with Crippen molar-refractivity contribution in [2.24, 2.45) is 11.1 Å². The predicted molar refractivity (Wildman–Crippen MR) is 64.9 cm³/mol. The van der Waals surface area contributed by atoms with E-state index in [-0.39, 0.29) is 0 Å².